The van der Waals surface area contributed by atoms with Gasteiger partial charge in [0.15, 0.2) is 11.5 Å². The summed E-state index contributed by atoms with van der Waals surface area (Å²) in [5.41, 5.74) is 1.04. The Kier molecular flexibility index (Phi) is 7.75. The van der Waals surface area contributed by atoms with Crippen LogP contribution in [-0.4, -0.2) is 37.6 Å². The molecular formula is C19H25ClN2O3S. The second-order valence-corrected chi connectivity index (χ2v) is 7.09. The van der Waals surface area contributed by atoms with Gasteiger partial charge in [0, 0.05) is 31.1 Å². The van der Waals surface area contributed by atoms with Crippen LogP contribution in [0.5, 0.6) is 11.5 Å². The van der Waals surface area contributed by atoms with Crippen molar-refractivity contribution in [3.63, 3.8) is 0 Å². The molecule has 0 bridgehead atoms. The molecule has 1 aliphatic heterocycles. The van der Waals surface area contributed by atoms with Gasteiger partial charge >= 0.3 is 0 Å². The Morgan fingerprint density at radius 1 is 1.31 bits per heavy atom. The molecule has 0 saturated carbocycles. The molecule has 7 heteroatoms. The Bertz CT molecular complexity index is 705. The Labute approximate surface area is 164 Å². The summed E-state index contributed by atoms with van der Waals surface area (Å²) in [4.78, 5) is 15.5. The third-order valence-electron chi connectivity index (χ3n) is 4.38. The van der Waals surface area contributed by atoms with Gasteiger partial charge in [-0.3, -0.25) is 4.79 Å². The van der Waals surface area contributed by atoms with E-state index in [4.69, 9.17) is 9.47 Å². The fourth-order valence-corrected chi connectivity index (χ4v) is 3.38. The van der Waals surface area contributed by atoms with Crippen LogP contribution in [0, 0.1) is 5.92 Å². The van der Waals surface area contributed by atoms with Crippen molar-refractivity contribution < 1.29 is 14.3 Å². The van der Waals surface area contributed by atoms with Crippen molar-refractivity contribution >= 4 is 29.7 Å². The molecule has 2 aromatic rings. The Morgan fingerprint density at radius 3 is 2.69 bits per heavy atom. The SMILES string of the molecule is CCN(Cc1ccc(OCc2cccs2)c(OC)c1)C(=O)C1CNC1.Cl. The molecule has 0 atom stereocenters. The van der Waals surface area contributed by atoms with E-state index >= 15 is 0 Å². The van der Waals surface area contributed by atoms with Crippen LogP contribution in [0.3, 0.4) is 0 Å². The molecule has 0 unspecified atom stereocenters. The lowest BCUT2D eigenvalue weighted by molar-refractivity contribution is -0.137. The molecule has 1 amide bonds. The molecular weight excluding hydrogens is 372 g/mol. The molecule has 1 aromatic heterocycles. The lowest BCUT2D eigenvalue weighted by Gasteiger charge is -2.32. The summed E-state index contributed by atoms with van der Waals surface area (Å²) in [6.45, 7) is 5.41. The second kappa shape index (κ2) is 9.80. The van der Waals surface area contributed by atoms with Crippen LogP contribution in [0.4, 0.5) is 0 Å². The van der Waals surface area contributed by atoms with Gasteiger partial charge in [-0.2, -0.15) is 0 Å². The predicted molar refractivity (Wildman–Crippen MR) is 106 cm³/mol. The Balaban J connectivity index is 0.00000243. The van der Waals surface area contributed by atoms with Crippen molar-refractivity contribution in [1.82, 2.24) is 10.2 Å². The highest BCUT2D eigenvalue weighted by Gasteiger charge is 2.28. The smallest absolute Gasteiger partial charge is 0.228 e. The molecule has 5 nitrogen and oxygen atoms in total. The van der Waals surface area contributed by atoms with E-state index in [0.717, 1.165) is 24.4 Å². The summed E-state index contributed by atoms with van der Waals surface area (Å²) in [5.74, 6) is 1.76. The van der Waals surface area contributed by atoms with Crippen LogP contribution in [0.1, 0.15) is 17.4 Å². The Morgan fingerprint density at radius 2 is 2.12 bits per heavy atom. The highest BCUT2D eigenvalue weighted by molar-refractivity contribution is 7.09. The molecule has 0 radical (unpaired) electrons. The molecule has 26 heavy (non-hydrogen) atoms. The second-order valence-electron chi connectivity index (χ2n) is 6.06. The van der Waals surface area contributed by atoms with Crippen LogP contribution in [0.15, 0.2) is 35.7 Å². The maximum absolute atomic E-state index is 12.4. The van der Waals surface area contributed by atoms with E-state index in [1.807, 2.05) is 47.5 Å². The van der Waals surface area contributed by atoms with Crippen molar-refractivity contribution in [3.8, 4) is 11.5 Å². The van der Waals surface area contributed by atoms with Gasteiger partial charge in [-0.1, -0.05) is 12.1 Å². The summed E-state index contributed by atoms with van der Waals surface area (Å²) in [6.07, 6.45) is 0. The van der Waals surface area contributed by atoms with Gasteiger partial charge in [0.05, 0.1) is 13.0 Å². The first-order valence-electron chi connectivity index (χ1n) is 8.53. The van der Waals surface area contributed by atoms with Gasteiger partial charge in [-0.15, -0.1) is 23.7 Å². The molecule has 1 fully saturated rings. The summed E-state index contributed by atoms with van der Waals surface area (Å²) in [6, 6.07) is 9.94. The first-order chi connectivity index (χ1) is 12.2. The minimum absolute atomic E-state index is 0. The number of amides is 1. The Hall–Kier alpha value is -1.76. The fraction of sp³-hybridized carbons (Fsp3) is 0.421. The summed E-state index contributed by atoms with van der Waals surface area (Å²) in [7, 11) is 1.64. The number of carbonyl (C=O) groups is 1. The van der Waals surface area contributed by atoms with Crippen LogP contribution in [-0.2, 0) is 17.9 Å². The average molecular weight is 397 g/mol. The third-order valence-corrected chi connectivity index (χ3v) is 5.23. The van der Waals surface area contributed by atoms with E-state index in [1.165, 1.54) is 4.88 Å². The number of nitrogens with zero attached hydrogens (tertiary/aromatic N) is 1. The summed E-state index contributed by atoms with van der Waals surface area (Å²) >= 11 is 1.67. The molecule has 1 saturated heterocycles. The number of methoxy groups -OCH3 is 1. The molecule has 1 aliphatic rings. The summed E-state index contributed by atoms with van der Waals surface area (Å²) < 4.78 is 11.3. The zero-order valence-corrected chi connectivity index (χ0v) is 16.7. The topological polar surface area (TPSA) is 50.8 Å². The number of rotatable bonds is 8. The van der Waals surface area contributed by atoms with Crippen molar-refractivity contribution in [3.05, 3.63) is 46.2 Å². The van der Waals surface area contributed by atoms with Gasteiger partial charge in [-0.05, 0) is 36.1 Å². The summed E-state index contributed by atoms with van der Waals surface area (Å²) in [5, 5.41) is 5.19. The van der Waals surface area contributed by atoms with Crippen LogP contribution in [0.2, 0.25) is 0 Å². The van der Waals surface area contributed by atoms with E-state index in [1.54, 1.807) is 18.4 Å². The van der Waals surface area contributed by atoms with E-state index < -0.39 is 0 Å². The molecule has 2 heterocycles. The first-order valence-corrected chi connectivity index (χ1v) is 9.40. The van der Waals surface area contributed by atoms with Gasteiger partial charge in [0.2, 0.25) is 5.91 Å². The van der Waals surface area contributed by atoms with E-state index in [-0.39, 0.29) is 24.2 Å². The number of nitrogens with one attached hydrogen (secondary N) is 1. The molecule has 142 valence electrons. The zero-order chi connectivity index (χ0) is 17.6. The quantitative estimate of drug-likeness (QED) is 0.743. The number of benzene rings is 1. The monoisotopic (exact) mass is 396 g/mol. The number of ether oxygens (including phenoxy) is 2. The van der Waals surface area contributed by atoms with Gasteiger partial charge in [0.1, 0.15) is 6.61 Å². The molecule has 0 aliphatic carbocycles. The number of thiophene rings is 1. The minimum atomic E-state index is 0. The number of hydrogen-bond donors (Lipinski definition) is 1. The average Bonchev–Trinajstić information content (AvgIpc) is 3.10. The van der Waals surface area contributed by atoms with Crippen molar-refractivity contribution in [2.75, 3.05) is 26.7 Å². The lowest BCUT2D eigenvalue weighted by Crippen LogP contribution is -2.51. The maximum Gasteiger partial charge on any atom is 0.228 e. The standard InChI is InChI=1S/C19H24N2O3S.ClH/c1-3-21(19(22)15-10-20-11-15)12-14-6-7-17(18(9-14)23-2)24-13-16-5-4-8-25-16;/h4-9,15,20H,3,10-13H2,1-2H3;1H. The van der Waals surface area contributed by atoms with Crippen molar-refractivity contribution in [1.29, 1.82) is 0 Å². The molecule has 0 spiro atoms. The highest BCUT2D eigenvalue weighted by Crippen LogP contribution is 2.30. The molecule has 3 rings (SSSR count). The minimum Gasteiger partial charge on any atom is -0.493 e. The first kappa shape index (κ1) is 20.6. The van der Waals surface area contributed by atoms with Crippen LogP contribution in [0.25, 0.3) is 0 Å². The zero-order valence-electron chi connectivity index (χ0n) is 15.1. The van der Waals surface area contributed by atoms with E-state index in [2.05, 4.69) is 5.32 Å². The molecule has 1 aromatic carbocycles. The van der Waals surface area contributed by atoms with Gasteiger partial charge in [0.25, 0.3) is 0 Å². The number of hydrogen-bond acceptors (Lipinski definition) is 5. The maximum atomic E-state index is 12.4. The number of carbonyl (C=O) groups excluding carboxylic acids is 1. The van der Waals surface area contributed by atoms with E-state index in [9.17, 15) is 4.79 Å². The van der Waals surface area contributed by atoms with Crippen molar-refractivity contribution in [2.45, 2.75) is 20.1 Å². The van der Waals surface area contributed by atoms with Crippen LogP contribution >= 0.6 is 23.7 Å². The predicted octanol–water partition coefficient (Wildman–Crippen LogP) is 3.33. The normalized spacial score (nSPS) is 13.5. The lowest BCUT2D eigenvalue weighted by atomic mass is 10.0. The van der Waals surface area contributed by atoms with Crippen molar-refractivity contribution in [2.24, 2.45) is 5.92 Å². The number of halogens is 1. The third kappa shape index (κ3) is 4.90. The fourth-order valence-electron chi connectivity index (χ4n) is 2.76. The van der Waals surface area contributed by atoms with Gasteiger partial charge < -0.3 is 19.7 Å². The largest absolute Gasteiger partial charge is 0.493 e. The highest BCUT2D eigenvalue weighted by atomic mass is 35.5. The van der Waals surface area contributed by atoms with E-state index in [0.29, 0.717) is 25.4 Å². The van der Waals surface area contributed by atoms with Gasteiger partial charge in [-0.25, -0.2) is 0 Å². The van der Waals surface area contributed by atoms with Crippen LogP contribution < -0.4 is 14.8 Å². The molecule has 1 N–H and O–H groups in total.